The van der Waals surface area contributed by atoms with Gasteiger partial charge in [0.2, 0.25) is 5.82 Å². The summed E-state index contributed by atoms with van der Waals surface area (Å²) in [5.74, 6) is 0.870. The Kier molecular flexibility index (Phi) is 7.18. The molecule has 1 aromatic carbocycles. The average molecular weight is 564 g/mol. The van der Waals surface area contributed by atoms with E-state index in [0.29, 0.717) is 59.2 Å². The van der Waals surface area contributed by atoms with Gasteiger partial charge < -0.3 is 14.8 Å². The maximum absolute atomic E-state index is 13.5. The van der Waals surface area contributed by atoms with Gasteiger partial charge in [-0.05, 0) is 50.7 Å². The van der Waals surface area contributed by atoms with Gasteiger partial charge in [-0.15, -0.1) is 0 Å². The number of halogens is 4. The van der Waals surface area contributed by atoms with Crippen molar-refractivity contribution < 1.29 is 17.6 Å². The number of anilines is 3. The number of aromatic nitrogens is 6. The second-order valence-electron chi connectivity index (χ2n) is 10.1. The maximum Gasteiger partial charge on any atom is 0.449 e. The second-order valence-corrected chi connectivity index (χ2v) is 11.2. The molecule has 2 N–H and O–H groups in total. The summed E-state index contributed by atoms with van der Waals surface area (Å²) < 4.78 is 54.6. The topological polar surface area (TPSA) is 90.8 Å². The molecule has 14 heteroatoms. The number of hydrogen-bond acceptors (Lipinski definition) is 8. The molecule has 0 aliphatic carbocycles. The third kappa shape index (κ3) is 5.81. The smallest absolute Gasteiger partial charge is 0.354 e. The van der Waals surface area contributed by atoms with Crippen molar-refractivity contribution in [2.24, 2.45) is 7.05 Å². The van der Waals surface area contributed by atoms with E-state index in [1.54, 1.807) is 18.2 Å². The Morgan fingerprint density at radius 2 is 1.74 bits per heavy atom. The van der Waals surface area contributed by atoms with Crippen LogP contribution in [0.15, 0.2) is 40.4 Å². The van der Waals surface area contributed by atoms with Crippen LogP contribution in [-0.4, -0.2) is 73.0 Å². The van der Waals surface area contributed by atoms with Crippen LogP contribution >= 0.6 is 11.8 Å². The first kappa shape index (κ1) is 27.2. The Bertz CT molecular complexity index is 1470. The molecule has 0 radical (unpaired) electrons. The largest absolute Gasteiger partial charge is 0.449 e. The molecule has 4 heterocycles. The molecule has 0 amide bonds. The fourth-order valence-electron chi connectivity index (χ4n) is 4.52. The number of nitrogens with one attached hydrogen (secondary N) is 2. The summed E-state index contributed by atoms with van der Waals surface area (Å²) in [6.07, 6.45) is -4.55. The summed E-state index contributed by atoms with van der Waals surface area (Å²) in [7, 11) is 1.35. The lowest BCUT2D eigenvalue weighted by Gasteiger charge is -2.43. The van der Waals surface area contributed by atoms with E-state index in [4.69, 9.17) is 4.98 Å². The van der Waals surface area contributed by atoms with Gasteiger partial charge in [-0.25, -0.2) is 19.3 Å². The van der Waals surface area contributed by atoms with Gasteiger partial charge in [-0.2, -0.15) is 18.3 Å². The van der Waals surface area contributed by atoms with Gasteiger partial charge >= 0.3 is 6.18 Å². The maximum atomic E-state index is 13.5. The normalized spacial score (nSPS) is 15.3. The van der Waals surface area contributed by atoms with E-state index in [2.05, 4.69) is 35.3 Å². The number of aromatic amines is 1. The minimum Gasteiger partial charge on any atom is -0.354 e. The molecule has 0 spiro atoms. The molecule has 4 aromatic rings. The average Bonchev–Trinajstić information content (AvgIpc) is 3.46. The van der Waals surface area contributed by atoms with Crippen molar-refractivity contribution in [2.75, 3.05) is 43.1 Å². The minimum absolute atomic E-state index is 0.258. The molecule has 0 saturated carbocycles. The van der Waals surface area contributed by atoms with Crippen LogP contribution in [0.3, 0.4) is 0 Å². The van der Waals surface area contributed by atoms with Gasteiger partial charge in [0.1, 0.15) is 18.3 Å². The summed E-state index contributed by atoms with van der Waals surface area (Å²) in [5, 5.41) is 10.7. The predicted molar refractivity (Wildman–Crippen MR) is 142 cm³/mol. The summed E-state index contributed by atoms with van der Waals surface area (Å²) in [6.45, 7) is 7.94. The van der Waals surface area contributed by atoms with Crippen LogP contribution in [-0.2, 0) is 13.2 Å². The lowest BCUT2D eigenvalue weighted by molar-refractivity contribution is -0.146. The van der Waals surface area contributed by atoms with Gasteiger partial charge in [0.25, 0.3) is 0 Å². The molecule has 1 fully saturated rings. The Balaban J connectivity index is 1.44. The van der Waals surface area contributed by atoms with Gasteiger partial charge in [0.15, 0.2) is 11.0 Å². The molecular formula is C25H29F4N9S. The highest BCUT2D eigenvalue weighted by Crippen LogP contribution is 2.34. The lowest BCUT2D eigenvalue weighted by atomic mass is 10.0. The number of piperazine rings is 1. The standard InChI is InChI=1S/C25H29F4N9S/c1-15-11-20(35-34-15)31-19-13-21(37-7-9-38(10-8-37)24(2,3)14-26)33-23(32-19)39-16-5-6-17-18(12-16)36(4)22(30-17)25(27,28)29/h5-6,11-13H,7-10,14H2,1-4H3,(H2,31,32,33,34,35). The molecule has 39 heavy (non-hydrogen) atoms. The van der Waals surface area contributed by atoms with Crippen molar-refractivity contribution >= 4 is 40.2 Å². The fraction of sp³-hybridized carbons (Fsp3) is 0.440. The second kappa shape index (κ2) is 10.3. The van der Waals surface area contributed by atoms with Gasteiger partial charge in [-0.3, -0.25) is 10.00 Å². The summed E-state index contributed by atoms with van der Waals surface area (Å²) in [4.78, 5) is 18.1. The van der Waals surface area contributed by atoms with Crippen molar-refractivity contribution in [3.63, 3.8) is 0 Å². The van der Waals surface area contributed by atoms with Gasteiger partial charge in [0.05, 0.1) is 11.0 Å². The van der Waals surface area contributed by atoms with E-state index in [-0.39, 0.29) is 5.52 Å². The Labute approximate surface area is 227 Å². The van der Waals surface area contributed by atoms with Crippen molar-refractivity contribution in [2.45, 2.75) is 42.5 Å². The first-order valence-electron chi connectivity index (χ1n) is 12.4. The summed E-state index contributed by atoms with van der Waals surface area (Å²) >= 11 is 1.24. The van der Waals surface area contributed by atoms with Crippen molar-refractivity contribution in [3.05, 3.63) is 41.9 Å². The van der Waals surface area contributed by atoms with E-state index in [0.717, 1.165) is 10.3 Å². The van der Waals surface area contributed by atoms with Crippen LogP contribution in [0.4, 0.5) is 35.0 Å². The first-order valence-corrected chi connectivity index (χ1v) is 13.2. The predicted octanol–water partition coefficient (Wildman–Crippen LogP) is 5.18. The Morgan fingerprint density at radius 3 is 2.38 bits per heavy atom. The van der Waals surface area contributed by atoms with Crippen LogP contribution in [0.5, 0.6) is 0 Å². The quantitative estimate of drug-likeness (QED) is 0.235. The zero-order valence-corrected chi connectivity index (χ0v) is 22.8. The number of fused-ring (bicyclic) bond motifs is 1. The molecule has 3 aromatic heterocycles. The molecule has 1 aliphatic heterocycles. The van der Waals surface area contributed by atoms with Crippen molar-refractivity contribution in [1.29, 1.82) is 0 Å². The Morgan fingerprint density at radius 1 is 1.00 bits per heavy atom. The third-order valence-electron chi connectivity index (χ3n) is 6.76. The summed E-state index contributed by atoms with van der Waals surface area (Å²) in [5.41, 5.74) is 0.977. The van der Waals surface area contributed by atoms with Crippen LogP contribution in [0, 0.1) is 6.92 Å². The molecule has 5 rings (SSSR count). The van der Waals surface area contributed by atoms with E-state index < -0.39 is 24.2 Å². The van der Waals surface area contributed by atoms with Crippen LogP contribution in [0.1, 0.15) is 25.4 Å². The zero-order valence-electron chi connectivity index (χ0n) is 22.0. The number of hydrogen-bond donors (Lipinski definition) is 2. The highest BCUT2D eigenvalue weighted by Gasteiger charge is 2.36. The minimum atomic E-state index is -4.55. The molecule has 9 nitrogen and oxygen atoms in total. The monoisotopic (exact) mass is 563 g/mol. The molecule has 0 atom stereocenters. The number of H-pyrrole nitrogens is 1. The van der Waals surface area contributed by atoms with Crippen LogP contribution < -0.4 is 10.2 Å². The SMILES string of the molecule is Cc1cc(Nc2cc(N3CCN(C(C)(C)CF)CC3)nc(Sc3ccc4nc(C(F)(F)F)n(C)c4c3)n2)n[nH]1. The molecule has 1 saturated heterocycles. The highest BCUT2D eigenvalue weighted by molar-refractivity contribution is 7.99. The number of nitrogens with zero attached hydrogens (tertiary/aromatic N) is 7. The molecule has 1 aliphatic rings. The molecular weight excluding hydrogens is 534 g/mol. The number of benzene rings is 1. The number of aryl methyl sites for hydroxylation is 2. The third-order valence-corrected chi connectivity index (χ3v) is 7.61. The molecule has 208 valence electrons. The zero-order chi connectivity index (χ0) is 27.9. The number of alkyl halides is 4. The van der Waals surface area contributed by atoms with Crippen LogP contribution in [0.25, 0.3) is 11.0 Å². The van der Waals surface area contributed by atoms with Gasteiger partial charge in [-0.1, -0.05) is 0 Å². The Hall–Kier alpha value is -3.39. The highest BCUT2D eigenvalue weighted by atomic mass is 32.2. The molecule has 0 unspecified atom stereocenters. The van der Waals surface area contributed by atoms with E-state index in [1.807, 2.05) is 32.9 Å². The fourth-order valence-corrected chi connectivity index (χ4v) is 5.32. The van der Waals surface area contributed by atoms with Crippen LogP contribution in [0.2, 0.25) is 0 Å². The van der Waals surface area contributed by atoms with E-state index >= 15 is 0 Å². The summed E-state index contributed by atoms with van der Waals surface area (Å²) in [6, 6.07) is 8.61. The van der Waals surface area contributed by atoms with E-state index in [9.17, 15) is 17.6 Å². The lowest BCUT2D eigenvalue weighted by Crippen LogP contribution is -2.55. The van der Waals surface area contributed by atoms with E-state index in [1.165, 1.54) is 18.8 Å². The van der Waals surface area contributed by atoms with Crippen molar-refractivity contribution in [1.82, 2.24) is 34.6 Å². The molecule has 0 bridgehead atoms. The first-order chi connectivity index (χ1) is 18.4. The van der Waals surface area contributed by atoms with Crippen molar-refractivity contribution in [3.8, 4) is 0 Å². The number of rotatable bonds is 7. The number of imidazole rings is 1. The van der Waals surface area contributed by atoms with Gasteiger partial charge in [0, 0.05) is 61.5 Å².